The van der Waals surface area contributed by atoms with Crippen LogP contribution in [0.25, 0.3) is 22.1 Å². The molecule has 5 heterocycles. The number of nitrogens with zero attached hydrogens (tertiary/aromatic N) is 4. The van der Waals surface area contributed by atoms with Crippen LogP contribution in [0.5, 0.6) is 0 Å². The number of hydrogen-bond donors (Lipinski definition) is 0. The topological polar surface area (TPSA) is 122 Å². The minimum atomic E-state index is -3.89. The fraction of sp³-hybridized carbons (Fsp3) is 0.174. The number of benzene rings is 4. The van der Waals surface area contributed by atoms with Crippen LogP contribution in [0.2, 0.25) is 0 Å². The van der Waals surface area contributed by atoms with Gasteiger partial charge >= 0.3 is 7.12 Å². The van der Waals surface area contributed by atoms with E-state index in [9.17, 15) is 16.8 Å². The largest absolute Gasteiger partial charge is 0.495 e. The SMILES string of the molecule is CC1(C)OB(c2ccnc3c2cc(Cc2ccccc2)n3S(=O)(=O)c2ccccc2)OC1(C)C.O=S(=O)(c1ccccc1)n1c(Cc2ccccc2)cc2c(Br)ccnc21.[2HH].[2H][2H].[2H][2H].[2H][2H].[2H][2H].[2H][2H].[2H][2H].[2H][2H]. The Morgan fingerprint density at radius 1 is 0.583 bits per heavy atom. The van der Waals surface area contributed by atoms with Gasteiger partial charge in [-0.05, 0) is 109 Å². The third-order valence-corrected chi connectivity index (χ3v) is 15.2. The van der Waals surface area contributed by atoms with Crippen molar-refractivity contribution in [3.05, 3.63) is 185 Å². The molecule has 0 bridgehead atoms. The molecule has 0 spiro atoms. The van der Waals surface area contributed by atoms with Gasteiger partial charge in [-0.2, -0.15) is 0 Å². The molecule has 320 valence electrons. The molecule has 0 amide bonds. The molecular formula is C46H58BBrN4O6S2. The molecule has 0 N–H and O–H groups in total. The zero-order chi connectivity index (χ0) is 56.3. The smallest absolute Gasteiger partial charge is 0.399 e. The van der Waals surface area contributed by atoms with Crippen molar-refractivity contribution in [3.63, 3.8) is 0 Å². The summed E-state index contributed by atoms with van der Waals surface area (Å²) in [5, 5.41) is 1.48. The number of hydrogen-bond acceptors (Lipinski definition) is 8. The molecule has 8 aromatic rings. The van der Waals surface area contributed by atoms with E-state index in [4.69, 9.17) is 30.1 Å². The summed E-state index contributed by atoms with van der Waals surface area (Å²) in [6.07, 6.45) is 4.16. The average Bonchev–Trinajstić information content (AvgIpc) is 4.09. The molecule has 0 unspecified atom stereocenters. The zero-order valence-corrected chi connectivity index (χ0v) is 36.7. The maximum Gasteiger partial charge on any atom is 0.495 e. The lowest BCUT2D eigenvalue weighted by Gasteiger charge is -2.32. The van der Waals surface area contributed by atoms with E-state index in [-0.39, 0.29) is 11.2 Å². The van der Waals surface area contributed by atoms with Crippen LogP contribution in [0.4, 0.5) is 0 Å². The van der Waals surface area contributed by atoms with E-state index < -0.39 is 38.4 Å². The Bertz CT molecular complexity index is 3070. The maximum atomic E-state index is 13.8. The van der Waals surface area contributed by atoms with Gasteiger partial charge in [0, 0.05) is 74.1 Å². The molecule has 1 aliphatic heterocycles. The normalized spacial score (nSPS) is 15.8. The fourth-order valence-corrected chi connectivity index (χ4v) is 10.6. The Labute approximate surface area is 382 Å². The number of fused-ring (bicyclic) bond motifs is 2. The summed E-state index contributed by atoms with van der Waals surface area (Å²) in [4.78, 5) is 9.32. The van der Waals surface area contributed by atoms with Crippen LogP contribution in [-0.2, 0) is 42.2 Å². The first-order chi connectivity index (χ1) is 35.7. The molecule has 9 rings (SSSR count). The van der Waals surface area contributed by atoms with Gasteiger partial charge in [0.1, 0.15) is 0 Å². The van der Waals surface area contributed by atoms with Gasteiger partial charge in [-0.3, -0.25) is 0 Å². The Morgan fingerprint density at radius 3 is 1.42 bits per heavy atom. The highest BCUT2D eigenvalue weighted by molar-refractivity contribution is 9.10. The molecule has 1 saturated heterocycles. The summed E-state index contributed by atoms with van der Waals surface area (Å²) in [7, 11) is -8.27. The van der Waals surface area contributed by atoms with Crippen LogP contribution in [0, 0.1) is 0 Å². The summed E-state index contributed by atoms with van der Waals surface area (Å²) in [6.45, 7) is 7.99. The van der Waals surface area contributed by atoms with Gasteiger partial charge in [0.05, 0.1) is 21.0 Å². The molecule has 10 nitrogen and oxygen atoms in total. The van der Waals surface area contributed by atoms with E-state index in [2.05, 4.69) is 25.9 Å². The van der Waals surface area contributed by atoms with E-state index in [1.54, 1.807) is 73.1 Å². The quantitative estimate of drug-likeness (QED) is 0.131. The molecule has 0 aliphatic carbocycles. The highest BCUT2D eigenvalue weighted by Gasteiger charge is 2.52. The first kappa shape index (κ1) is 33.4. The van der Waals surface area contributed by atoms with Gasteiger partial charge < -0.3 is 9.31 Å². The van der Waals surface area contributed by atoms with Crippen LogP contribution in [0.3, 0.4) is 0 Å². The third-order valence-electron chi connectivity index (χ3n) is 11.0. The minimum Gasteiger partial charge on any atom is -0.399 e. The Hall–Kier alpha value is -5.38. The van der Waals surface area contributed by atoms with Crippen molar-refractivity contribution >= 4 is 70.6 Å². The lowest BCUT2D eigenvalue weighted by Crippen LogP contribution is -2.41. The summed E-state index contributed by atoms with van der Waals surface area (Å²) >= 11 is 3.50. The molecule has 1 aliphatic rings. The van der Waals surface area contributed by atoms with E-state index in [1.165, 1.54) is 7.94 Å². The second-order valence-electron chi connectivity index (χ2n) is 15.5. The van der Waals surface area contributed by atoms with Crippen molar-refractivity contribution in [2.24, 2.45) is 0 Å². The zero-order valence-electron chi connectivity index (χ0n) is 47.4. The summed E-state index contributed by atoms with van der Waals surface area (Å²) < 4.78 is 140. The first-order valence-corrected chi connectivity index (χ1v) is 23.0. The highest BCUT2D eigenvalue weighted by Crippen LogP contribution is 2.38. The van der Waals surface area contributed by atoms with Gasteiger partial charge in [0.2, 0.25) is 0 Å². The van der Waals surface area contributed by atoms with Gasteiger partial charge in [0.25, 0.3) is 20.0 Å². The number of aromatic nitrogens is 4. The number of halogens is 1. The lowest BCUT2D eigenvalue weighted by molar-refractivity contribution is 0.00578. The van der Waals surface area contributed by atoms with E-state index in [1.807, 2.05) is 113 Å². The summed E-state index contributed by atoms with van der Waals surface area (Å²) in [5.74, 6) is 0. The van der Waals surface area contributed by atoms with Gasteiger partial charge in [0.15, 0.2) is 11.3 Å². The lowest BCUT2D eigenvalue weighted by atomic mass is 9.78. The Balaban J connectivity index is 0.00000119. The number of rotatable bonds is 9. The third kappa shape index (κ3) is 7.85. The first-order valence-electron chi connectivity index (χ1n) is 26.4. The molecule has 4 aromatic carbocycles. The van der Waals surface area contributed by atoms with Gasteiger partial charge in [-0.25, -0.2) is 34.7 Å². The summed E-state index contributed by atoms with van der Waals surface area (Å²) in [5.41, 5.74) is 3.87. The molecule has 1 fully saturated rings. The molecule has 0 saturated carbocycles. The number of pyridine rings is 2. The van der Waals surface area contributed by atoms with Crippen LogP contribution in [0.15, 0.2) is 172 Å². The second-order valence-corrected chi connectivity index (χ2v) is 19.9. The molecule has 0 radical (unpaired) electrons. The molecule has 14 heteroatoms. The second kappa shape index (κ2) is 16.2. The fourth-order valence-electron chi connectivity index (χ4n) is 7.21. The minimum absolute atomic E-state index is 0. The van der Waals surface area contributed by atoms with Gasteiger partial charge in [-0.15, -0.1) is 0 Å². The van der Waals surface area contributed by atoms with E-state index in [0.717, 1.165) is 26.4 Å². The highest BCUT2D eigenvalue weighted by atomic mass is 79.9. The van der Waals surface area contributed by atoms with Crippen molar-refractivity contribution < 1.29 is 48.4 Å². The van der Waals surface area contributed by atoms with Crippen LogP contribution in [0.1, 0.15) is 72.4 Å². The van der Waals surface area contributed by atoms with Crippen LogP contribution in [-0.4, -0.2) is 53.1 Å². The van der Waals surface area contributed by atoms with Crippen molar-refractivity contribution in [1.82, 2.24) is 17.9 Å². The molecule has 0 atom stereocenters. The Kier molecular flexibility index (Phi) is 9.03. The van der Waals surface area contributed by atoms with Crippen molar-refractivity contribution in [2.75, 3.05) is 0 Å². The van der Waals surface area contributed by atoms with E-state index in [0.29, 0.717) is 40.9 Å². The van der Waals surface area contributed by atoms with Crippen molar-refractivity contribution in [2.45, 2.75) is 61.5 Å². The molecule has 4 aromatic heterocycles. The summed E-state index contributed by atoms with van der Waals surface area (Å²) in [6, 6.07) is 43.9. The standard InChI is InChI=1S/C26H27BN2O4S.C20H15BrN2O2S.8H2/c1-25(2)26(3,4)33-27(32-25)23-15-16-28-24-22(23)18-20(17-19-11-7-5-8-12-19)29(24)34(30,31)21-13-9-6-10-14-21;21-19-11-12-22-20-18(19)14-16(13-15-7-3-1-4-8-15)23(20)26(24,25)17-9-5-2-6-10-17;;;;;;;;/h5-16,18H,17H2,1-4H3;1-12,14H,13H2;8*1H/i;;7*1+1D;1+1. The maximum absolute atomic E-state index is 13.8. The van der Waals surface area contributed by atoms with Crippen molar-refractivity contribution in [1.29, 1.82) is 0 Å². The molecular weight excluding hydrogens is 859 g/mol. The van der Waals surface area contributed by atoms with Crippen molar-refractivity contribution in [3.8, 4) is 0 Å². The van der Waals surface area contributed by atoms with Gasteiger partial charge in [-0.1, -0.05) is 97.1 Å². The van der Waals surface area contributed by atoms with Crippen LogP contribution < -0.4 is 5.46 Å². The predicted octanol–water partition coefficient (Wildman–Crippen LogP) is 10.8. The van der Waals surface area contributed by atoms with Crippen LogP contribution >= 0.6 is 15.9 Å². The predicted molar refractivity (Wildman–Crippen MR) is 256 cm³/mol. The van der Waals surface area contributed by atoms with E-state index >= 15 is 0 Å². The Morgan fingerprint density at radius 2 is 0.967 bits per heavy atom. The average molecular weight is 933 g/mol. The monoisotopic (exact) mass is 931 g/mol. The molecule has 60 heavy (non-hydrogen) atoms.